The Morgan fingerprint density at radius 1 is 1.13 bits per heavy atom. The first-order valence-corrected chi connectivity index (χ1v) is 7.93. The van der Waals surface area contributed by atoms with Crippen LogP contribution in [0.15, 0.2) is 42.5 Å². The lowest BCUT2D eigenvalue weighted by Gasteiger charge is -2.20. The van der Waals surface area contributed by atoms with Crippen LogP contribution in [0.2, 0.25) is 0 Å². The van der Waals surface area contributed by atoms with Gasteiger partial charge in [0.25, 0.3) is 0 Å². The normalized spacial score (nSPS) is 12.2. The summed E-state index contributed by atoms with van der Waals surface area (Å²) in [5.74, 6) is -0.00831. The van der Waals surface area contributed by atoms with E-state index in [1.54, 1.807) is 0 Å². The summed E-state index contributed by atoms with van der Waals surface area (Å²) in [7, 11) is 0. The summed E-state index contributed by atoms with van der Waals surface area (Å²) in [4.78, 5) is 11.7. The van der Waals surface area contributed by atoms with E-state index >= 15 is 0 Å². The van der Waals surface area contributed by atoms with Crippen molar-refractivity contribution >= 4 is 5.97 Å². The van der Waals surface area contributed by atoms with Crippen LogP contribution in [-0.4, -0.2) is 17.2 Å². The molecule has 0 spiro atoms. The summed E-state index contributed by atoms with van der Waals surface area (Å²) in [6, 6.07) is 13.7. The Balaban J connectivity index is 2.27. The van der Waals surface area contributed by atoms with Crippen molar-refractivity contribution in [3.05, 3.63) is 64.7 Å². The topological polar surface area (TPSA) is 46.5 Å². The number of aryl methyl sites for hydroxylation is 2. The van der Waals surface area contributed by atoms with E-state index in [1.807, 2.05) is 56.3 Å². The molecule has 0 aliphatic rings. The molecule has 0 radical (unpaired) electrons. The third-order valence-electron chi connectivity index (χ3n) is 4.00. The zero-order valence-electron chi connectivity index (χ0n) is 14.2. The molecule has 0 heterocycles. The molecule has 1 atom stereocenters. The molecule has 0 fully saturated rings. The quantitative estimate of drug-likeness (QED) is 0.854. The maximum atomic E-state index is 11.7. The number of carboxylic acid groups (broad SMARTS) is 1. The number of aliphatic carboxylic acids is 1. The van der Waals surface area contributed by atoms with Gasteiger partial charge in [-0.25, -0.2) is 4.79 Å². The van der Waals surface area contributed by atoms with Crippen molar-refractivity contribution in [1.29, 1.82) is 0 Å². The van der Waals surface area contributed by atoms with Gasteiger partial charge in [0.1, 0.15) is 5.75 Å². The average Bonchev–Trinajstić information content (AvgIpc) is 2.50. The molecule has 0 amide bonds. The molecule has 23 heavy (non-hydrogen) atoms. The number of hydrogen-bond donors (Lipinski definition) is 1. The molecule has 0 bridgehead atoms. The Hall–Kier alpha value is -2.29. The lowest BCUT2D eigenvalue weighted by molar-refractivity contribution is -0.145. The summed E-state index contributed by atoms with van der Waals surface area (Å²) < 4.78 is 5.87. The van der Waals surface area contributed by atoms with Crippen molar-refractivity contribution < 1.29 is 14.6 Å². The maximum absolute atomic E-state index is 11.7. The number of rotatable bonds is 6. The predicted molar refractivity (Wildman–Crippen MR) is 92.2 cm³/mol. The molecule has 3 heteroatoms. The first kappa shape index (κ1) is 17.1. The van der Waals surface area contributed by atoms with Gasteiger partial charge in [-0.3, -0.25) is 0 Å². The Morgan fingerprint density at radius 3 is 2.48 bits per heavy atom. The number of hydrogen-bond acceptors (Lipinski definition) is 2. The van der Waals surface area contributed by atoms with Gasteiger partial charge in [0.2, 0.25) is 0 Å². The van der Waals surface area contributed by atoms with E-state index in [0.29, 0.717) is 12.2 Å². The van der Waals surface area contributed by atoms with Crippen LogP contribution in [0.1, 0.15) is 42.0 Å². The molecular weight excluding hydrogens is 288 g/mol. The van der Waals surface area contributed by atoms with Crippen molar-refractivity contribution in [1.82, 2.24) is 0 Å². The molecule has 122 valence electrons. The Kier molecular flexibility index (Phi) is 5.43. The van der Waals surface area contributed by atoms with E-state index in [9.17, 15) is 9.90 Å². The zero-order chi connectivity index (χ0) is 17.0. The van der Waals surface area contributed by atoms with Crippen LogP contribution >= 0.6 is 0 Å². The van der Waals surface area contributed by atoms with Crippen molar-refractivity contribution in [3.63, 3.8) is 0 Å². The highest BCUT2D eigenvalue weighted by atomic mass is 16.5. The molecule has 2 rings (SSSR count). The molecule has 0 unspecified atom stereocenters. The minimum atomic E-state index is -0.940. The number of carbonyl (C=O) groups is 1. The Labute approximate surface area is 137 Å². The van der Waals surface area contributed by atoms with Crippen molar-refractivity contribution in [2.24, 2.45) is 0 Å². The molecule has 1 N–H and O–H groups in total. The second-order valence-corrected chi connectivity index (χ2v) is 6.27. The van der Waals surface area contributed by atoms with Crippen LogP contribution in [0.3, 0.4) is 0 Å². The van der Waals surface area contributed by atoms with E-state index in [1.165, 1.54) is 0 Å². The zero-order valence-corrected chi connectivity index (χ0v) is 14.2. The van der Waals surface area contributed by atoms with Crippen molar-refractivity contribution in [2.45, 2.75) is 46.1 Å². The number of benzene rings is 2. The fraction of sp³-hybridized carbons (Fsp3) is 0.350. The minimum Gasteiger partial charge on any atom is -0.478 e. The Morgan fingerprint density at radius 2 is 1.83 bits per heavy atom. The van der Waals surface area contributed by atoms with Crippen LogP contribution in [0.5, 0.6) is 5.75 Å². The summed E-state index contributed by atoms with van der Waals surface area (Å²) in [6.07, 6.45) is -0.537. The molecule has 0 aliphatic carbocycles. The van der Waals surface area contributed by atoms with E-state index in [2.05, 4.69) is 13.8 Å². The van der Waals surface area contributed by atoms with Gasteiger partial charge in [-0.1, -0.05) is 55.8 Å². The van der Waals surface area contributed by atoms with Crippen molar-refractivity contribution in [3.8, 4) is 5.75 Å². The molecule has 0 saturated carbocycles. The van der Waals surface area contributed by atoms with Crippen molar-refractivity contribution in [2.75, 3.05) is 0 Å². The van der Waals surface area contributed by atoms with Gasteiger partial charge < -0.3 is 9.84 Å². The molecule has 2 aromatic rings. The summed E-state index contributed by atoms with van der Waals surface area (Å²) in [5, 5.41) is 9.56. The van der Waals surface area contributed by atoms with E-state index in [0.717, 1.165) is 22.3 Å². The molecule has 3 nitrogen and oxygen atoms in total. The van der Waals surface area contributed by atoms with Gasteiger partial charge in [-0.15, -0.1) is 0 Å². The average molecular weight is 312 g/mol. The highest BCUT2D eigenvalue weighted by Gasteiger charge is 2.22. The fourth-order valence-electron chi connectivity index (χ4n) is 2.62. The van der Waals surface area contributed by atoms with Crippen LogP contribution in [0, 0.1) is 13.8 Å². The lowest BCUT2D eigenvalue weighted by Crippen LogP contribution is -2.30. The number of ether oxygens (including phenoxy) is 1. The second kappa shape index (κ2) is 7.32. The SMILES string of the molecule is Cc1ccc(C)c(C[C@@H](Oc2ccccc2C(C)C)C(=O)O)c1. The number of carboxylic acids is 1. The van der Waals surface area contributed by atoms with E-state index < -0.39 is 12.1 Å². The summed E-state index contributed by atoms with van der Waals surface area (Å²) in [5.41, 5.74) is 4.25. The van der Waals surface area contributed by atoms with Gasteiger partial charge >= 0.3 is 5.97 Å². The minimum absolute atomic E-state index is 0.279. The highest BCUT2D eigenvalue weighted by molar-refractivity contribution is 5.73. The Bertz CT molecular complexity index is 689. The van der Waals surface area contributed by atoms with Gasteiger partial charge in [-0.05, 0) is 42.5 Å². The van der Waals surface area contributed by atoms with Gasteiger partial charge in [0.05, 0.1) is 0 Å². The van der Waals surface area contributed by atoms with Gasteiger partial charge in [-0.2, -0.15) is 0 Å². The van der Waals surface area contributed by atoms with Crippen LogP contribution in [-0.2, 0) is 11.2 Å². The summed E-state index contributed by atoms with van der Waals surface area (Å²) in [6.45, 7) is 8.15. The lowest BCUT2D eigenvalue weighted by atomic mass is 9.99. The van der Waals surface area contributed by atoms with E-state index in [-0.39, 0.29) is 5.92 Å². The third kappa shape index (κ3) is 4.35. The first-order valence-electron chi connectivity index (χ1n) is 7.93. The van der Waals surface area contributed by atoms with Gasteiger partial charge in [0.15, 0.2) is 6.10 Å². The van der Waals surface area contributed by atoms with Crippen LogP contribution in [0.25, 0.3) is 0 Å². The summed E-state index contributed by atoms with van der Waals surface area (Å²) >= 11 is 0. The monoisotopic (exact) mass is 312 g/mol. The fourth-order valence-corrected chi connectivity index (χ4v) is 2.62. The largest absolute Gasteiger partial charge is 0.478 e. The first-order chi connectivity index (χ1) is 10.9. The van der Waals surface area contributed by atoms with Gasteiger partial charge in [0, 0.05) is 6.42 Å². The predicted octanol–water partition coefficient (Wildman–Crippen LogP) is 4.50. The molecule has 0 aromatic heterocycles. The smallest absolute Gasteiger partial charge is 0.345 e. The van der Waals surface area contributed by atoms with E-state index in [4.69, 9.17) is 4.74 Å². The maximum Gasteiger partial charge on any atom is 0.345 e. The number of para-hydroxylation sites is 1. The van der Waals surface area contributed by atoms with Crippen LogP contribution < -0.4 is 4.74 Å². The standard InChI is InChI=1S/C20H24O3/c1-13(2)17-7-5-6-8-18(17)23-19(20(21)22)12-16-11-14(3)9-10-15(16)4/h5-11,13,19H,12H2,1-4H3,(H,21,22)/t19-/m1/s1. The molecule has 2 aromatic carbocycles. The molecular formula is C20H24O3. The third-order valence-corrected chi connectivity index (χ3v) is 4.00. The van der Waals surface area contributed by atoms with Crippen LogP contribution in [0.4, 0.5) is 0 Å². The second-order valence-electron chi connectivity index (χ2n) is 6.27. The highest BCUT2D eigenvalue weighted by Crippen LogP contribution is 2.27. The molecule has 0 aliphatic heterocycles. The molecule has 0 saturated heterocycles.